The van der Waals surface area contributed by atoms with Gasteiger partial charge in [0.05, 0.1) is 6.61 Å². The maximum atomic E-state index is 13.3. The average molecular weight is 239 g/mol. The van der Waals surface area contributed by atoms with Crippen LogP contribution in [0.1, 0.15) is 32.8 Å². The Hall–Kier alpha value is -1.09. The molecule has 3 heteroatoms. The first-order valence-electron chi connectivity index (χ1n) is 5.97. The Morgan fingerprint density at radius 1 is 1.24 bits per heavy atom. The van der Waals surface area contributed by atoms with E-state index in [4.69, 9.17) is 4.74 Å². The summed E-state index contributed by atoms with van der Waals surface area (Å²) in [4.78, 5) is 0. The molecule has 0 aromatic heterocycles. The lowest BCUT2D eigenvalue weighted by Crippen LogP contribution is -2.11. The van der Waals surface area contributed by atoms with Gasteiger partial charge < -0.3 is 10.1 Å². The van der Waals surface area contributed by atoms with Crippen LogP contribution in [0.2, 0.25) is 0 Å². The molecule has 0 spiro atoms. The van der Waals surface area contributed by atoms with Crippen molar-refractivity contribution in [1.29, 1.82) is 0 Å². The van der Waals surface area contributed by atoms with Gasteiger partial charge in [-0.3, -0.25) is 0 Å². The highest BCUT2D eigenvalue weighted by Crippen LogP contribution is 2.21. The van der Waals surface area contributed by atoms with Gasteiger partial charge in [0.15, 0.2) is 0 Å². The Kier molecular flexibility index (Phi) is 4.94. The maximum Gasteiger partial charge on any atom is 0.127 e. The van der Waals surface area contributed by atoms with E-state index in [9.17, 15) is 4.39 Å². The lowest BCUT2D eigenvalue weighted by molar-refractivity contribution is 0.242. The molecular weight excluding hydrogens is 217 g/mol. The van der Waals surface area contributed by atoms with Gasteiger partial charge >= 0.3 is 0 Å². The van der Waals surface area contributed by atoms with Crippen molar-refractivity contribution in [3.05, 3.63) is 29.6 Å². The second-order valence-corrected chi connectivity index (χ2v) is 5.48. The predicted molar refractivity (Wildman–Crippen MR) is 68.7 cm³/mol. The predicted octanol–water partition coefficient (Wildman–Crippen LogP) is 3.36. The van der Waals surface area contributed by atoms with Crippen molar-refractivity contribution in [2.45, 2.75) is 33.7 Å². The average Bonchev–Trinajstić information content (AvgIpc) is 2.15. The Bertz CT molecular complexity index is 358. The van der Waals surface area contributed by atoms with Gasteiger partial charge in [0.1, 0.15) is 11.6 Å². The van der Waals surface area contributed by atoms with E-state index in [0.29, 0.717) is 18.9 Å². The first kappa shape index (κ1) is 14.0. The van der Waals surface area contributed by atoms with E-state index in [2.05, 4.69) is 26.1 Å². The number of benzene rings is 1. The minimum atomic E-state index is -0.247. The second kappa shape index (κ2) is 6.01. The lowest BCUT2D eigenvalue weighted by atomic mass is 9.93. The van der Waals surface area contributed by atoms with Gasteiger partial charge in [0, 0.05) is 12.6 Å². The lowest BCUT2D eigenvalue weighted by Gasteiger charge is -2.18. The van der Waals surface area contributed by atoms with Crippen LogP contribution in [0, 0.1) is 11.2 Å². The Morgan fingerprint density at radius 3 is 2.53 bits per heavy atom. The third-order valence-electron chi connectivity index (χ3n) is 2.43. The molecular formula is C14H22FNO. The minimum absolute atomic E-state index is 0.237. The molecule has 0 fully saturated rings. The Balaban J connectivity index is 2.58. The summed E-state index contributed by atoms with van der Waals surface area (Å²) in [5.41, 5.74) is 1.14. The summed E-state index contributed by atoms with van der Waals surface area (Å²) in [6, 6.07) is 4.83. The molecule has 2 nitrogen and oxygen atoms in total. The van der Waals surface area contributed by atoms with Crippen LogP contribution in [-0.2, 0) is 6.54 Å². The quantitative estimate of drug-likeness (QED) is 0.850. The molecule has 0 radical (unpaired) electrons. The van der Waals surface area contributed by atoms with Gasteiger partial charge in [0.25, 0.3) is 0 Å². The van der Waals surface area contributed by atoms with Gasteiger partial charge in [-0.1, -0.05) is 20.8 Å². The van der Waals surface area contributed by atoms with Crippen LogP contribution >= 0.6 is 0 Å². The molecule has 1 rings (SSSR count). The standard InChI is InChI=1S/C14H22FNO/c1-14(2,3)5-6-17-13-8-11(10-16-4)7-12(15)9-13/h7-9,16H,5-6,10H2,1-4H3. The molecule has 0 bridgehead atoms. The smallest absolute Gasteiger partial charge is 0.127 e. The summed E-state index contributed by atoms with van der Waals surface area (Å²) in [6.07, 6.45) is 0.949. The zero-order valence-corrected chi connectivity index (χ0v) is 11.1. The van der Waals surface area contributed by atoms with Crippen molar-refractivity contribution >= 4 is 0 Å². The molecule has 0 aliphatic rings. The number of nitrogens with one attached hydrogen (secondary N) is 1. The van der Waals surface area contributed by atoms with E-state index >= 15 is 0 Å². The largest absolute Gasteiger partial charge is 0.493 e. The van der Waals surface area contributed by atoms with E-state index in [1.54, 1.807) is 0 Å². The van der Waals surface area contributed by atoms with Crippen molar-refractivity contribution in [2.24, 2.45) is 5.41 Å². The molecule has 0 aliphatic carbocycles. The van der Waals surface area contributed by atoms with E-state index in [-0.39, 0.29) is 11.2 Å². The molecule has 1 N–H and O–H groups in total. The molecule has 0 unspecified atom stereocenters. The zero-order valence-electron chi connectivity index (χ0n) is 11.1. The van der Waals surface area contributed by atoms with Crippen molar-refractivity contribution in [3.8, 4) is 5.75 Å². The fourth-order valence-electron chi connectivity index (χ4n) is 1.49. The molecule has 0 saturated heterocycles. The molecule has 0 heterocycles. The number of hydrogen-bond donors (Lipinski definition) is 1. The number of halogens is 1. The van der Waals surface area contributed by atoms with Crippen LogP contribution in [0.15, 0.2) is 18.2 Å². The summed E-state index contributed by atoms with van der Waals surface area (Å²) in [7, 11) is 1.84. The third kappa shape index (κ3) is 5.68. The van der Waals surface area contributed by atoms with Gasteiger partial charge in [-0.25, -0.2) is 4.39 Å². The van der Waals surface area contributed by atoms with Crippen LogP contribution in [0.5, 0.6) is 5.75 Å². The molecule has 17 heavy (non-hydrogen) atoms. The van der Waals surface area contributed by atoms with Gasteiger partial charge in [0.2, 0.25) is 0 Å². The highest BCUT2D eigenvalue weighted by atomic mass is 19.1. The van der Waals surface area contributed by atoms with Crippen LogP contribution < -0.4 is 10.1 Å². The van der Waals surface area contributed by atoms with Gasteiger partial charge in [-0.15, -0.1) is 0 Å². The van der Waals surface area contributed by atoms with Crippen molar-refractivity contribution in [2.75, 3.05) is 13.7 Å². The second-order valence-electron chi connectivity index (χ2n) is 5.48. The summed E-state index contributed by atoms with van der Waals surface area (Å²) < 4.78 is 18.9. The topological polar surface area (TPSA) is 21.3 Å². The van der Waals surface area contributed by atoms with E-state index in [1.807, 2.05) is 13.1 Å². The zero-order chi connectivity index (χ0) is 12.9. The van der Waals surface area contributed by atoms with Crippen LogP contribution in [0.3, 0.4) is 0 Å². The highest BCUT2D eigenvalue weighted by molar-refractivity contribution is 5.29. The van der Waals surface area contributed by atoms with Crippen LogP contribution in [0.25, 0.3) is 0 Å². The first-order valence-corrected chi connectivity index (χ1v) is 5.97. The number of ether oxygens (including phenoxy) is 1. The highest BCUT2D eigenvalue weighted by Gasteiger charge is 2.10. The molecule has 0 aliphatic heterocycles. The molecule has 96 valence electrons. The maximum absolute atomic E-state index is 13.3. The first-order chi connectivity index (χ1) is 7.90. The van der Waals surface area contributed by atoms with Crippen molar-refractivity contribution in [3.63, 3.8) is 0 Å². The van der Waals surface area contributed by atoms with Crippen LogP contribution in [0.4, 0.5) is 4.39 Å². The molecule has 1 aromatic carbocycles. The molecule has 1 aromatic rings. The summed E-state index contributed by atoms with van der Waals surface area (Å²) in [5, 5.41) is 3.00. The molecule has 0 atom stereocenters. The fraction of sp³-hybridized carbons (Fsp3) is 0.571. The fourth-order valence-corrected chi connectivity index (χ4v) is 1.49. The van der Waals surface area contributed by atoms with E-state index in [1.165, 1.54) is 12.1 Å². The van der Waals surface area contributed by atoms with E-state index < -0.39 is 0 Å². The van der Waals surface area contributed by atoms with Gasteiger partial charge in [-0.05, 0) is 36.6 Å². The summed E-state index contributed by atoms with van der Waals surface area (Å²) in [6.45, 7) is 7.75. The van der Waals surface area contributed by atoms with Crippen LogP contribution in [-0.4, -0.2) is 13.7 Å². The van der Waals surface area contributed by atoms with Crippen molar-refractivity contribution < 1.29 is 9.13 Å². The summed E-state index contributed by atoms with van der Waals surface area (Å²) in [5.74, 6) is 0.364. The normalized spacial score (nSPS) is 11.6. The summed E-state index contributed by atoms with van der Waals surface area (Å²) >= 11 is 0. The SMILES string of the molecule is CNCc1cc(F)cc(OCCC(C)(C)C)c1. The van der Waals surface area contributed by atoms with Gasteiger partial charge in [-0.2, -0.15) is 0 Å². The third-order valence-corrected chi connectivity index (χ3v) is 2.43. The monoisotopic (exact) mass is 239 g/mol. The Morgan fingerprint density at radius 2 is 1.94 bits per heavy atom. The Labute approximate surface area is 103 Å². The van der Waals surface area contributed by atoms with E-state index in [0.717, 1.165) is 12.0 Å². The van der Waals surface area contributed by atoms with Crippen molar-refractivity contribution in [1.82, 2.24) is 5.32 Å². The molecule has 0 amide bonds. The number of rotatable bonds is 5. The minimum Gasteiger partial charge on any atom is -0.493 e. The number of hydrogen-bond acceptors (Lipinski definition) is 2. The molecule has 0 saturated carbocycles.